The van der Waals surface area contributed by atoms with Crippen molar-refractivity contribution >= 4 is 17.6 Å². The van der Waals surface area contributed by atoms with Crippen LogP contribution in [-0.2, 0) is 9.53 Å². The van der Waals surface area contributed by atoms with E-state index in [2.05, 4.69) is 17.5 Å². The number of aliphatic hydroxyl groups is 2. The highest BCUT2D eigenvalue weighted by Crippen LogP contribution is 2.67. The number of Topliss-reactive ketones (excluding diaryl/α,β-unsaturated/α-hetero) is 1. The van der Waals surface area contributed by atoms with Crippen LogP contribution < -0.4 is 11.2 Å². The molecule has 8 nitrogen and oxygen atoms in total. The van der Waals surface area contributed by atoms with Gasteiger partial charge in [-0.3, -0.25) is 4.79 Å². The van der Waals surface area contributed by atoms with Gasteiger partial charge in [-0.05, 0) is 75.5 Å². The number of nitrogens with two attached hydrogens (primary N) is 1. The van der Waals surface area contributed by atoms with Crippen molar-refractivity contribution in [1.82, 2.24) is 5.43 Å². The average Bonchev–Trinajstić information content (AvgIpc) is 2.93. The van der Waals surface area contributed by atoms with Gasteiger partial charge >= 0.3 is 6.09 Å². The van der Waals surface area contributed by atoms with Crippen molar-refractivity contribution in [3.63, 3.8) is 0 Å². The number of ether oxygens (including phenoxy) is 1. The number of hydrazone groups is 1. The summed E-state index contributed by atoms with van der Waals surface area (Å²) >= 11 is 0. The zero-order chi connectivity index (χ0) is 23.5. The molecule has 0 heterocycles. The number of carbonyl (C=O) groups is 2. The lowest BCUT2D eigenvalue weighted by Crippen LogP contribution is -2.67. The molecule has 0 aromatic rings. The molecule has 4 saturated carbocycles. The third-order valence-corrected chi connectivity index (χ3v) is 9.85. The minimum absolute atomic E-state index is 0.0451. The first kappa shape index (κ1) is 23.6. The van der Waals surface area contributed by atoms with E-state index in [1.54, 1.807) is 13.8 Å². The van der Waals surface area contributed by atoms with Crippen LogP contribution in [0.3, 0.4) is 0 Å². The van der Waals surface area contributed by atoms with Gasteiger partial charge in [0.2, 0.25) is 0 Å². The molecule has 0 unspecified atom stereocenters. The molecule has 0 spiro atoms. The fourth-order valence-corrected chi connectivity index (χ4v) is 8.15. The van der Waals surface area contributed by atoms with Gasteiger partial charge in [-0.25, -0.2) is 10.2 Å². The zero-order valence-electron chi connectivity index (χ0n) is 19.8. The third kappa shape index (κ3) is 3.24. The second-order valence-electron chi connectivity index (χ2n) is 11.2. The number of rotatable bonds is 3. The SMILES string of the molecule is CCOC(=O)NN=C(C)[C@@]1(N)[C@H](O)C[C@H]2[C@@H]3CC[C@H]4C[C@@H](O)CC[C@]4(C)[C@H]3C(=O)C[C@@]21C. The lowest BCUT2D eigenvalue weighted by molar-refractivity contribution is -0.160. The number of hydrogen-bond acceptors (Lipinski definition) is 7. The molecule has 4 aliphatic carbocycles. The number of amides is 1. The number of fused-ring (bicyclic) bond motifs is 5. The number of carbonyl (C=O) groups excluding carboxylic acids is 2. The predicted octanol–water partition coefficient (Wildman–Crippen LogP) is 2.36. The number of nitrogens with one attached hydrogen (secondary N) is 1. The third-order valence-electron chi connectivity index (χ3n) is 9.85. The Labute approximate surface area is 190 Å². The van der Waals surface area contributed by atoms with Crippen molar-refractivity contribution in [2.45, 2.75) is 90.4 Å². The normalized spacial score (nSPS) is 48.5. The van der Waals surface area contributed by atoms with Crippen LogP contribution in [0.15, 0.2) is 5.10 Å². The summed E-state index contributed by atoms with van der Waals surface area (Å²) in [5.74, 6) is 0.821. The van der Waals surface area contributed by atoms with Crippen LogP contribution in [-0.4, -0.2) is 52.2 Å². The van der Waals surface area contributed by atoms with Gasteiger partial charge in [0.1, 0.15) is 5.78 Å². The van der Waals surface area contributed by atoms with E-state index in [-0.39, 0.29) is 41.7 Å². The molecule has 0 aromatic heterocycles. The molecule has 180 valence electrons. The van der Waals surface area contributed by atoms with Gasteiger partial charge in [0.15, 0.2) is 0 Å². The molecule has 4 rings (SSSR count). The Bertz CT molecular complexity index is 817. The summed E-state index contributed by atoms with van der Waals surface area (Å²) in [6.45, 7) is 7.91. The molecular weight excluding hydrogens is 410 g/mol. The molecule has 0 bridgehead atoms. The van der Waals surface area contributed by atoms with Crippen LogP contribution >= 0.6 is 0 Å². The Balaban J connectivity index is 1.65. The topological polar surface area (TPSA) is 134 Å². The second kappa shape index (κ2) is 8.06. The maximum atomic E-state index is 13.8. The molecule has 4 fully saturated rings. The molecular formula is C24H39N3O5. The molecule has 0 aliphatic heterocycles. The first-order valence-corrected chi connectivity index (χ1v) is 12.1. The molecule has 0 aromatic carbocycles. The standard InChI is InChI=1S/C24H39N3O5/c1-5-32-21(31)27-26-13(2)24(25)19(30)11-17-16-7-6-14-10-15(28)8-9-22(14,3)20(16)18(29)12-23(17,24)4/h14-17,19-20,28,30H,5-12,25H2,1-4H3,(H,27,31)/t14-,15-,16-,17-,19+,20+,22-,23-,24+/m0/s1. The Morgan fingerprint density at radius 1 is 1.25 bits per heavy atom. The monoisotopic (exact) mass is 449 g/mol. The lowest BCUT2D eigenvalue weighted by atomic mass is 9.43. The highest BCUT2D eigenvalue weighted by Gasteiger charge is 2.70. The van der Waals surface area contributed by atoms with Crippen molar-refractivity contribution in [3.8, 4) is 0 Å². The molecule has 4 aliphatic rings. The molecule has 8 heteroatoms. The fourth-order valence-electron chi connectivity index (χ4n) is 8.15. The van der Waals surface area contributed by atoms with Gasteiger partial charge < -0.3 is 20.7 Å². The second-order valence-corrected chi connectivity index (χ2v) is 11.2. The highest BCUT2D eigenvalue weighted by molar-refractivity contribution is 5.96. The van der Waals surface area contributed by atoms with E-state index < -0.39 is 23.2 Å². The van der Waals surface area contributed by atoms with Crippen LogP contribution in [0.1, 0.15) is 72.6 Å². The lowest BCUT2D eigenvalue weighted by Gasteiger charge is -2.60. The summed E-state index contributed by atoms with van der Waals surface area (Å²) in [5.41, 5.74) is 7.72. The van der Waals surface area contributed by atoms with E-state index in [9.17, 15) is 19.8 Å². The van der Waals surface area contributed by atoms with Gasteiger partial charge in [-0.2, -0.15) is 5.10 Å². The van der Waals surface area contributed by atoms with Crippen molar-refractivity contribution < 1.29 is 24.5 Å². The quantitative estimate of drug-likeness (QED) is 0.386. The number of ketones is 1. The maximum absolute atomic E-state index is 13.8. The summed E-state index contributed by atoms with van der Waals surface area (Å²) in [6, 6.07) is 0. The maximum Gasteiger partial charge on any atom is 0.427 e. The van der Waals surface area contributed by atoms with Gasteiger partial charge in [0.25, 0.3) is 0 Å². The Morgan fingerprint density at radius 2 is 1.97 bits per heavy atom. The molecule has 5 N–H and O–H groups in total. The van der Waals surface area contributed by atoms with Gasteiger partial charge in [-0.1, -0.05) is 13.8 Å². The van der Waals surface area contributed by atoms with Gasteiger partial charge in [-0.15, -0.1) is 0 Å². The first-order chi connectivity index (χ1) is 15.0. The van der Waals surface area contributed by atoms with Crippen LogP contribution in [0.4, 0.5) is 4.79 Å². The minimum atomic E-state index is -1.21. The predicted molar refractivity (Wildman–Crippen MR) is 120 cm³/mol. The van der Waals surface area contributed by atoms with Crippen molar-refractivity contribution in [2.75, 3.05) is 6.61 Å². The van der Waals surface area contributed by atoms with E-state index in [1.807, 2.05) is 6.92 Å². The number of aliphatic hydroxyl groups excluding tert-OH is 2. The Hall–Kier alpha value is -1.51. The zero-order valence-corrected chi connectivity index (χ0v) is 19.8. The summed E-state index contributed by atoms with van der Waals surface area (Å²) < 4.78 is 4.87. The molecule has 9 atom stereocenters. The van der Waals surface area contributed by atoms with E-state index in [0.29, 0.717) is 24.5 Å². The van der Waals surface area contributed by atoms with E-state index in [4.69, 9.17) is 10.5 Å². The van der Waals surface area contributed by atoms with Crippen molar-refractivity contribution in [2.24, 2.45) is 45.3 Å². The summed E-state index contributed by atoms with van der Waals surface area (Å²) in [5, 5.41) is 25.6. The minimum Gasteiger partial charge on any atom is -0.449 e. The van der Waals surface area contributed by atoms with Crippen LogP contribution in [0.5, 0.6) is 0 Å². The van der Waals surface area contributed by atoms with E-state index >= 15 is 0 Å². The smallest absolute Gasteiger partial charge is 0.427 e. The molecule has 0 saturated heterocycles. The summed E-state index contributed by atoms with van der Waals surface area (Å²) in [7, 11) is 0. The Kier molecular flexibility index (Phi) is 5.96. The van der Waals surface area contributed by atoms with Crippen LogP contribution in [0.25, 0.3) is 0 Å². The first-order valence-electron chi connectivity index (χ1n) is 12.1. The van der Waals surface area contributed by atoms with Crippen LogP contribution in [0.2, 0.25) is 0 Å². The van der Waals surface area contributed by atoms with Crippen molar-refractivity contribution in [1.29, 1.82) is 0 Å². The molecule has 32 heavy (non-hydrogen) atoms. The van der Waals surface area contributed by atoms with Gasteiger partial charge in [0, 0.05) is 17.8 Å². The largest absolute Gasteiger partial charge is 0.449 e. The van der Waals surface area contributed by atoms with E-state index in [1.165, 1.54) is 0 Å². The Morgan fingerprint density at radius 3 is 2.66 bits per heavy atom. The number of hydrogen-bond donors (Lipinski definition) is 4. The summed E-state index contributed by atoms with van der Waals surface area (Å²) in [4.78, 5) is 25.5. The summed E-state index contributed by atoms with van der Waals surface area (Å²) in [6.07, 6.45) is 3.36. The number of nitrogens with zero attached hydrogens (tertiary/aromatic N) is 1. The van der Waals surface area contributed by atoms with Gasteiger partial charge in [0.05, 0.1) is 30.1 Å². The van der Waals surface area contributed by atoms with Crippen LogP contribution in [0, 0.1) is 34.5 Å². The molecule has 0 radical (unpaired) electrons. The highest BCUT2D eigenvalue weighted by atomic mass is 16.5. The fraction of sp³-hybridized carbons (Fsp3) is 0.875. The molecule has 1 amide bonds. The van der Waals surface area contributed by atoms with E-state index in [0.717, 1.165) is 32.1 Å². The average molecular weight is 450 g/mol. The van der Waals surface area contributed by atoms with Crippen molar-refractivity contribution in [3.05, 3.63) is 0 Å².